The van der Waals surface area contributed by atoms with Crippen molar-refractivity contribution in [3.05, 3.63) is 70.1 Å². The minimum absolute atomic E-state index is 0.0707. The van der Waals surface area contributed by atoms with Gasteiger partial charge >= 0.3 is 17.7 Å². The van der Waals surface area contributed by atoms with Crippen molar-refractivity contribution in [2.75, 3.05) is 18.5 Å². The maximum Gasteiger partial charge on any atom is 0.411 e. The second kappa shape index (κ2) is 11.0. The molecular weight excluding hydrogens is 414 g/mol. The van der Waals surface area contributed by atoms with E-state index in [2.05, 4.69) is 5.32 Å². The highest BCUT2D eigenvalue weighted by Crippen LogP contribution is 2.23. The second-order valence-corrected chi connectivity index (χ2v) is 6.85. The first-order chi connectivity index (χ1) is 15.5. The molecule has 1 heterocycles. The van der Waals surface area contributed by atoms with Crippen molar-refractivity contribution in [1.82, 2.24) is 0 Å². The Hall–Kier alpha value is -3.81. The van der Waals surface area contributed by atoms with E-state index in [1.165, 1.54) is 12.1 Å². The number of hydrogen-bond acceptors (Lipinski definition) is 7. The molecule has 0 aliphatic carbocycles. The Morgan fingerprint density at radius 2 is 1.78 bits per heavy atom. The molecule has 3 rings (SSSR count). The topological polar surface area (TPSA) is 104 Å². The summed E-state index contributed by atoms with van der Waals surface area (Å²) in [7, 11) is 0. The number of esters is 1. The number of amides is 1. The van der Waals surface area contributed by atoms with Gasteiger partial charge in [-0.25, -0.2) is 9.59 Å². The van der Waals surface area contributed by atoms with E-state index in [1.54, 1.807) is 19.1 Å². The second-order valence-electron chi connectivity index (χ2n) is 6.85. The summed E-state index contributed by atoms with van der Waals surface area (Å²) < 4.78 is 21.0. The molecule has 0 spiro atoms. The average molecular weight is 439 g/mol. The Bertz CT molecular complexity index is 1150. The van der Waals surface area contributed by atoms with Gasteiger partial charge in [-0.1, -0.05) is 18.2 Å². The molecular formula is C24H25NO7. The van der Waals surface area contributed by atoms with E-state index in [1.807, 2.05) is 31.2 Å². The van der Waals surface area contributed by atoms with Crippen LogP contribution in [0.4, 0.5) is 10.5 Å². The van der Waals surface area contributed by atoms with Crippen LogP contribution >= 0.6 is 0 Å². The molecule has 1 N–H and O–H groups in total. The van der Waals surface area contributed by atoms with Gasteiger partial charge in [0.15, 0.2) is 0 Å². The average Bonchev–Trinajstić information content (AvgIpc) is 2.77. The third-order valence-electron chi connectivity index (χ3n) is 4.61. The van der Waals surface area contributed by atoms with Crippen LogP contribution in [-0.2, 0) is 27.3 Å². The zero-order valence-electron chi connectivity index (χ0n) is 18.0. The summed E-state index contributed by atoms with van der Waals surface area (Å²) in [6.07, 6.45) is 0.0531. The molecule has 0 saturated heterocycles. The summed E-state index contributed by atoms with van der Waals surface area (Å²) in [5.74, 6) is 0.361. The van der Waals surface area contributed by atoms with Crippen LogP contribution < -0.4 is 15.7 Å². The number of para-hydroxylation sites is 1. The van der Waals surface area contributed by atoms with E-state index in [4.69, 9.17) is 18.6 Å². The van der Waals surface area contributed by atoms with Gasteiger partial charge in [-0.2, -0.15) is 0 Å². The summed E-state index contributed by atoms with van der Waals surface area (Å²) in [5, 5.41) is 3.16. The molecule has 0 atom stereocenters. The van der Waals surface area contributed by atoms with E-state index >= 15 is 0 Å². The van der Waals surface area contributed by atoms with Crippen LogP contribution in [-0.4, -0.2) is 25.3 Å². The Balaban J connectivity index is 1.66. The van der Waals surface area contributed by atoms with Gasteiger partial charge < -0.3 is 18.6 Å². The van der Waals surface area contributed by atoms with E-state index < -0.39 is 17.7 Å². The van der Waals surface area contributed by atoms with E-state index in [-0.39, 0.29) is 25.2 Å². The summed E-state index contributed by atoms with van der Waals surface area (Å²) in [4.78, 5) is 35.8. The molecule has 0 unspecified atom stereocenters. The lowest BCUT2D eigenvalue weighted by Crippen LogP contribution is -2.13. The van der Waals surface area contributed by atoms with Crippen LogP contribution in [0.3, 0.4) is 0 Å². The van der Waals surface area contributed by atoms with E-state index in [0.29, 0.717) is 29.7 Å². The summed E-state index contributed by atoms with van der Waals surface area (Å²) >= 11 is 0. The SMILES string of the molecule is CCOC(=O)Nc1ccc2c(COC(=O)CCc3ccccc3OCC)cc(=O)oc2c1. The molecule has 0 radical (unpaired) electrons. The smallest absolute Gasteiger partial charge is 0.411 e. The number of hydrogen-bond donors (Lipinski definition) is 1. The molecule has 0 bridgehead atoms. The Labute approximate surface area is 185 Å². The van der Waals surface area contributed by atoms with Gasteiger partial charge in [0.25, 0.3) is 0 Å². The number of aryl methyl sites for hydroxylation is 1. The highest BCUT2D eigenvalue weighted by Gasteiger charge is 2.12. The number of benzene rings is 2. The fourth-order valence-corrected chi connectivity index (χ4v) is 3.19. The molecule has 168 valence electrons. The molecule has 0 aliphatic rings. The van der Waals surface area contributed by atoms with Crippen molar-refractivity contribution in [2.24, 2.45) is 0 Å². The molecule has 1 amide bonds. The van der Waals surface area contributed by atoms with Gasteiger partial charge in [0.05, 0.1) is 13.2 Å². The largest absolute Gasteiger partial charge is 0.494 e. The maximum atomic E-state index is 12.3. The molecule has 2 aromatic carbocycles. The molecule has 0 saturated carbocycles. The highest BCUT2D eigenvalue weighted by atomic mass is 16.5. The molecule has 8 heteroatoms. The standard InChI is InChI=1S/C24H25NO7/c1-3-29-20-8-6-5-7-16(20)9-12-22(26)31-15-17-13-23(27)32-21-14-18(10-11-19(17)21)25-24(28)30-4-2/h5-8,10-11,13-14H,3-4,9,12,15H2,1-2H3,(H,25,28). The monoisotopic (exact) mass is 439 g/mol. The summed E-state index contributed by atoms with van der Waals surface area (Å²) in [6, 6.07) is 13.7. The molecule has 0 fully saturated rings. The van der Waals surface area contributed by atoms with Gasteiger partial charge in [0, 0.05) is 35.2 Å². The fraction of sp³-hybridized carbons (Fsp3) is 0.292. The third-order valence-corrected chi connectivity index (χ3v) is 4.61. The quantitative estimate of drug-likeness (QED) is 0.388. The zero-order valence-corrected chi connectivity index (χ0v) is 18.0. The number of carbonyl (C=O) groups excluding carboxylic acids is 2. The normalized spacial score (nSPS) is 10.6. The molecule has 32 heavy (non-hydrogen) atoms. The van der Waals surface area contributed by atoms with Gasteiger partial charge in [-0.3, -0.25) is 10.1 Å². The van der Waals surface area contributed by atoms with Crippen molar-refractivity contribution in [3.63, 3.8) is 0 Å². The van der Waals surface area contributed by atoms with E-state index in [0.717, 1.165) is 11.3 Å². The maximum absolute atomic E-state index is 12.3. The lowest BCUT2D eigenvalue weighted by Gasteiger charge is -2.11. The van der Waals surface area contributed by atoms with E-state index in [9.17, 15) is 14.4 Å². The number of fused-ring (bicyclic) bond motifs is 1. The molecule has 1 aromatic heterocycles. The van der Waals surface area contributed by atoms with Crippen LogP contribution in [0.2, 0.25) is 0 Å². The van der Waals surface area contributed by atoms with Crippen LogP contribution in [0.1, 0.15) is 31.4 Å². The Morgan fingerprint density at radius 3 is 2.56 bits per heavy atom. The van der Waals surface area contributed by atoms with Gasteiger partial charge in [0.1, 0.15) is 17.9 Å². The summed E-state index contributed by atoms with van der Waals surface area (Å²) in [5.41, 5.74) is 1.55. The van der Waals surface area contributed by atoms with Gasteiger partial charge in [0.2, 0.25) is 0 Å². The first-order valence-electron chi connectivity index (χ1n) is 10.4. The number of anilines is 1. The zero-order chi connectivity index (χ0) is 22.9. The lowest BCUT2D eigenvalue weighted by molar-refractivity contribution is -0.144. The number of carbonyl (C=O) groups is 2. The minimum Gasteiger partial charge on any atom is -0.494 e. The van der Waals surface area contributed by atoms with Crippen molar-refractivity contribution < 1.29 is 28.2 Å². The van der Waals surface area contributed by atoms with Crippen molar-refractivity contribution in [3.8, 4) is 5.75 Å². The first kappa shape index (κ1) is 22.9. The number of ether oxygens (including phenoxy) is 3. The molecule has 0 aliphatic heterocycles. The Morgan fingerprint density at radius 1 is 0.969 bits per heavy atom. The third kappa shape index (κ3) is 6.10. The highest BCUT2D eigenvalue weighted by molar-refractivity contribution is 5.90. The predicted octanol–water partition coefficient (Wildman–Crippen LogP) is 4.44. The predicted molar refractivity (Wildman–Crippen MR) is 119 cm³/mol. The summed E-state index contributed by atoms with van der Waals surface area (Å²) in [6.45, 7) is 4.31. The van der Waals surface area contributed by atoms with Crippen molar-refractivity contribution >= 4 is 28.7 Å². The minimum atomic E-state index is -0.606. The Kier molecular flexibility index (Phi) is 7.85. The van der Waals surface area contributed by atoms with Gasteiger partial charge in [-0.05, 0) is 44.0 Å². The van der Waals surface area contributed by atoms with Crippen molar-refractivity contribution in [2.45, 2.75) is 33.3 Å². The first-order valence-corrected chi connectivity index (χ1v) is 10.4. The fourth-order valence-electron chi connectivity index (χ4n) is 3.19. The number of rotatable bonds is 9. The molecule has 8 nitrogen and oxygen atoms in total. The van der Waals surface area contributed by atoms with Gasteiger partial charge in [-0.15, -0.1) is 0 Å². The van der Waals surface area contributed by atoms with Crippen LogP contribution in [0.15, 0.2) is 57.7 Å². The van der Waals surface area contributed by atoms with Crippen molar-refractivity contribution in [1.29, 1.82) is 0 Å². The van der Waals surface area contributed by atoms with Crippen LogP contribution in [0.5, 0.6) is 5.75 Å². The lowest BCUT2D eigenvalue weighted by atomic mass is 10.1. The number of nitrogens with one attached hydrogen (secondary N) is 1. The molecule has 3 aromatic rings. The van der Waals surface area contributed by atoms with Crippen LogP contribution in [0.25, 0.3) is 11.0 Å². The van der Waals surface area contributed by atoms with Crippen LogP contribution in [0, 0.1) is 0 Å².